The van der Waals surface area contributed by atoms with Crippen molar-refractivity contribution < 1.29 is 28.6 Å². The van der Waals surface area contributed by atoms with Crippen molar-refractivity contribution in [3.05, 3.63) is 122 Å². The van der Waals surface area contributed by atoms with Crippen LogP contribution in [0.4, 0.5) is 0 Å². The van der Waals surface area contributed by atoms with Gasteiger partial charge >= 0.3 is 17.9 Å². The number of rotatable bonds is 43. The molecule has 0 amide bonds. The molecule has 0 rings (SSSR count). The highest BCUT2D eigenvalue weighted by atomic mass is 16.6. The van der Waals surface area contributed by atoms with Gasteiger partial charge in [-0.25, -0.2) is 0 Å². The zero-order chi connectivity index (χ0) is 45.8. The number of unbranched alkanes of at least 4 members (excludes halogenated alkanes) is 12. The first-order valence-electron chi connectivity index (χ1n) is 25.0. The van der Waals surface area contributed by atoms with Gasteiger partial charge in [0.25, 0.3) is 0 Å². The van der Waals surface area contributed by atoms with Crippen LogP contribution in [0, 0.1) is 0 Å². The monoisotopic (exact) mass is 871 g/mol. The molecule has 0 aromatic heterocycles. The summed E-state index contributed by atoms with van der Waals surface area (Å²) in [6.45, 7) is 6.27. The molecule has 0 N–H and O–H groups in total. The lowest BCUT2D eigenvalue weighted by Gasteiger charge is -2.18. The Morgan fingerprint density at radius 2 is 0.651 bits per heavy atom. The number of carbonyl (C=O) groups is 3. The molecular weight excluding hydrogens is 781 g/mol. The zero-order valence-corrected chi connectivity index (χ0v) is 40.3. The minimum atomic E-state index is -0.841. The van der Waals surface area contributed by atoms with Crippen molar-refractivity contribution in [2.24, 2.45) is 0 Å². The van der Waals surface area contributed by atoms with Gasteiger partial charge in [0, 0.05) is 19.3 Å². The lowest BCUT2D eigenvalue weighted by Crippen LogP contribution is -2.30. The lowest BCUT2D eigenvalue weighted by molar-refractivity contribution is -0.166. The van der Waals surface area contributed by atoms with E-state index in [4.69, 9.17) is 14.2 Å². The van der Waals surface area contributed by atoms with E-state index in [9.17, 15) is 14.4 Å². The molecule has 354 valence electrons. The van der Waals surface area contributed by atoms with Crippen LogP contribution in [0.5, 0.6) is 0 Å². The third kappa shape index (κ3) is 48.7. The molecule has 0 aliphatic heterocycles. The van der Waals surface area contributed by atoms with Crippen LogP contribution in [0.25, 0.3) is 0 Å². The lowest BCUT2D eigenvalue weighted by atomic mass is 10.0. The smallest absolute Gasteiger partial charge is 0.306 e. The zero-order valence-electron chi connectivity index (χ0n) is 40.3. The van der Waals surface area contributed by atoms with Crippen LogP contribution in [0.2, 0.25) is 0 Å². The maximum atomic E-state index is 12.7. The van der Waals surface area contributed by atoms with E-state index in [1.807, 2.05) is 12.2 Å². The second-order valence-electron chi connectivity index (χ2n) is 16.0. The third-order valence-corrected chi connectivity index (χ3v) is 9.98. The van der Waals surface area contributed by atoms with Crippen LogP contribution in [-0.4, -0.2) is 37.2 Å². The van der Waals surface area contributed by atoms with E-state index in [2.05, 4.69) is 130 Å². The summed E-state index contributed by atoms with van der Waals surface area (Å²) >= 11 is 0. The van der Waals surface area contributed by atoms with E-state index in [0.29, 0.717) is 19.3 Å². The Morgan fingerprint density at radius 1 is 0.333 bits per heavy atom. The number of allylic oxidation sites excluding steroid dienone is 20. The standard InChI is InChI=1S/C57H90O6/c1-4-7-10-13-16-19-22-25-27-29-31-32-35-38-41-44-47-50-56(59)62-53-54(52-61-55(58)49-46-43-40-37-34-24-21-18-15-12-9-6-3)63-57(60)51-48-45-42-39-36-33-30-28-26-23-20-17-14-11-8-5-2/h7-8,10-11,16-17,19-20,25-28,31-33,36,38,41-42,45,54H,4-6,9,12-15,18,21-24,29-30,34-35,37,39-40,43-44,46-53H2,1-3H3/b10-7-,11-8-,19-16-,20-17-,27-25-,28-26-,32-31-,36-33-,41-38-,45-42-. The van der Waals surface area contributed by atoms with Crippen LogP contribution in [0.1, 0.15) is 201 Å². The Hall–Kier alpha value is -4.19. The molecule has 6 nitrogen and oxygen atoms in total. The Kier molecular flexibility index (Phi) is 47.1. The summed E-state index contributed by atoms with van der Waals surface area (Å²) in [6.07, 6.45) is 69.1. The van der Waals surface area contributed by atoms with Gasteiger partial charge in [0.1, 0.15) is 13.2 Å². The average molecular weight is 871 g/mol. The number of hydrogen-bond donors (Lipinski definition) is 0. The van der Waals surface area contributed by atoms with E-state index in [0.717, 1.165) is 89.9 Å². The molecule has 0 aliphatic rings. The fourth-order valence-electron chi connectivity index (χ4n) is 6.29. The first-order chi connectivity index (χ1) is 31.0. The Labute approximate surface area is 386 Å². The summed E-state index contributed by atoms with van der Waals surface area (Å²) in [4.78, 5) is 37.9. The van der Waals surface area contributed by atoms with Crippen molar-refractivity contribution in [1.82, 2.24) is 0 Å². The molecule has 0 saturated heterocycles. The van der Waals surface area contributed by atoms with Gasteiger partial charge in [0.05, 0.1) is 0 Å². The predicted octanol–water partition coefficient (Wildman–Crippen LogP) is 16.5. The maximum Gasteiger partial charge on any atom is 0.306 e. The van der Waals surface area contributed by atoms with Crippen molar-refractivity contribution >= 4 is 17.9 Å². The number of ether oxygens (including phenoxy) is 3. The van der Waals surface area contributed by atoms with E-state index in [-0.39, 0.29) is 38.0 Å². The quantitative estimate of drug-likeness (QED) is 0.0263. The van der Waals surface area contributed by atoms with Gasteiger partial charge in [-0.1, -0.05) is 213 Å². The molecule has 0 spiro atoms. The van der Waals surface area contributed by atoms with Crippen LogP contribution in [0.15, 0.2) is 122 Å². The molecule has 0 aromatic rings. The van der Waals surface area contributed by atoms with E-state index in [1.165, 1.54) is 57.8 Å². The van der Waals surface area contributed by atoms with Crippen molar-refractivity contribution in [3.63, 3.8) is 0 Å². The number of hydrogen-bond acceptors (Lipinski definition) is 6. The summed E-state index contributed by atoms with van der Waals surface area (Å²) in [5.41, 5.74) is 0. The molecule has 63 heavy (non-hydrogen) atoms. The molecule has 6 heteroatoms. The Bertz CT molecular complexity index is 1370. The van der Waals surface area contributed by atoms with Crippen molar-refractivity contribution in [3.8, 4) is 0 Å². The highest BCUT2D eigenvalue weighted by Crippen LogP contribution is 2.13. The first-order valence-corrected chi connectivity index (χ1v) is 25.0. The molecule has 0 heterocycles. The van der Waals surface area contributed by atoms with Crippen LogP contribution < -0.4 is 0 Å². The highest BCUT2D eigenvalue weighted by Gasteiger charge is 2.19. The van der Waals surface area contributed by atoms with Crippen molar-refractivity contribution in [2.45, 2.75) is 207 Å². The van der Waals surface area contributed by atoms with Gasteiger partial charge in [-0.15, -0.1) is 0 Å². The maximum absolute atomic E-state index is 12.7. The highest BCUT2D eigenvalue weighted by molar-refractivity contribution is 5.71. The average Bonchev–Trinajstić information content (AvgIpc) is 3.28. The summed E-state index contributed by atoms with van der Waals surface area (Å²) < 4.78 is 16.6. The predicted molar refractivity (Wildman–Crippen MR) is 269 cm³/mol. The molecule has 1 unspecified atom stereocenters. The Morgan fingerprint density at radius 3 is 1.03 bits per heavy atom. The largest absolute Gasteiger partial charge is 0.462 e. The molecule has 0 aliphatic carbocycles. The fraction of sp³-hybridized carbons (Fsp3) is 0.596. The second kappa shape index (κ2) is 50.5. The fourth-order valence-corrected chi connectivity index (χ4v) is 6.29. The molecular formula is C57H90O6. The summed E-state index contributed by atoms with van der Waals surface area (Å²) in [7, 11) is 0. The molecule has 0 radical (unpaired) electrons. The summed E-state index contributed by atoms with van der Waals surface area (Å²) in [6, 6.07) is 0. The molecule has 0 bridgehead atoms. The molecule has 1 atom stereocenters. The number of carbonyl (C=O) groups excluding carboxylic acids is 3. The molecule has 0 saturated carbocycles. The van der Waals surface area contributed by atoms with E-state index < -0.39 is 12.1 Å². The van der Waals surface area contributed by atoms with E-state index in [1.54, 1.807) is 0 Å². The van der Waals surface area contributed by atoms with E-state index >= 15 is 0 Å². The van der Waals surface area contributed by atoms with Gasteiger partial charge in [-0.05, 0) is 89.9 Å². The molecule has 0 aromatic carbocycles. The first kappa shape index (κ1) is 58.8. The van der Waals surface area contributed by atoms with Gasteiger partial charge in [0.15, 0.2) is 6.10 Å². The van der Waals surface area contributed by atoms with Crippen LogP contribution in [0.3, 0.4) is 0 Å². The van der Waals surface area contributed by atoms with Crippen molar-refractivity contribution in [2.75, 3.05) is 13.2 Å². The van der Waals surface area contributed by atoms with Gasteiger partial charge in [-0.2, -0.15) is 0 Å². The minimum Gasteiger partial charge on any atom is -0.462 e. The topological polar surface area (TPSA) is 78.9 Å². The van der Waals surface area contributed by atoms with Crippen LogP contribution in [-0.2, 0) is 28.6 Å². The number of esters is 3. The molecule has 0 fully saturated rings. The SMILES string of the molecule is CC/C=C\C/C=C\C/C=C\C/C=C\C/C=C\CCCC(=O)OCC(COC(=O)CCCCCCCCCCCCCC)OC(=O)CC/C=C\C/C=C\C/C=C\C/C=C\C/C=C\CC. The van der Waals surface area contributed by atoms with Crippen LogP contribution >= 0.6 is 0 Å². The minimum absolute atomic E-state index is 0.127. The Balaban J connectivity index is 4.61. The summed E-state index contributed by atoms with van der Waals surface area (Å²) in [5, 5.41) is 0. The normalized spacial score (nSPS) is 13.1. The van der Waals surface area contributed by atoms with Gasteiger partial charge in [-0.3, -0.25) is 14.4 Å². The second-order valence-corrected chi connectivity index (χ2v) is 16.0. The van der Waals surface area contributed by atoms with Crippen molar-refractivity contribution in [1.29, 1.82) is 0 Å². The summed E-state index contributed by atoms with van der Waals surface area (Å²) in [5.74, 6) is -1.08. The third-order valence-electron chi connectivity index (χ3n) is 9.98. The van der Waals surface area contributed by atoms with Gasteiger partial charge < -0.3 is 14.2 Å². The van der Waals surface area contributed by atoms with Gasteiger partial charge in [0.2, 0.25) is 0 Å².